The molecule has 2 atom stereocenters. The van der Waals surface area contributed by atoms with Crippen LogP contribution in [0.4, 0.5) is 20.4 Å². The van der Waals surface area contributed by atoms with E-state index in [0.717, 1.165) is 25.2 Å². The second-order valence-electron chi connectivity index (χ2n) is 12.2. The molecule has 0 spiro atoms. The molecule has 1 aromatic carbocycles. The van der Waals surface area contributed by atoms with Gasteiger partial charge < -0.3 is 11.1 Å². The average Bonchev–Trinajstić information content (AvgIpc) is 3.68. The number of benzene rings is 1. The average molecular weight is 612 g/mol. The standard InChI is InChI=1S/C31H35ClF2N6O.CH5N/c1-17(2)18(3)21-13-36-38-29(21)40-16-31(4,23-6-5-7-24(32)26(23)33)25-22(30(40)41)12-35-28(27(25)34)37-20-14-39(15-20)11-10-19-8-9-19;1-2/h5-7,10,12-13,17-18,20H,8-9,11,14-16H2,1-4H3,(H,35,37)(H,36,38);2H2,1H3/t18?,31-;/m1./s1. The highest BCUT2D eigenvalue weighted by molar-refractivity contribution is 6.30. The minimum absolute atomic E-state index is 0.0116. The van der Waals surface area contributed by atoms with Gasteiger partial charge in [-0.2, -0.15) is 5.10 Å². The molecule has 1 unspecified atom stereocenters. The van der Waals surface area contributed by atoms with E-state index in [2.05, 4.69) is 58.0 Å². The number of fused-ring (bicyclic) bond motifs is 1. The number of rotatable bonds is 8. The fourth-order valence-corrected chi connectivity index (χ4v) is 6.14. The van der Waals surface area contributed by atoms with Crippen LogP contribution in [0.1, 0.15) is 73.5 Å². The number of nitrogens with one attached hydrogen (secondary N) is 2. The number of likely N-dealkylation sites (tertiary alicyclic amines) is 1. The summed E-state index contributed by atoms with van der Waals surface area (Å²) in [4.78, 5) is 22.2. The SMILES string of the molecule is CC(C)C(C)c1cn[nH]c1N1C[C@](C)(c2cccc(Cl)c2F)c2c(cnc(NC3CN(CC=C4CC4)C3)c2F)C1=O.CN. The van der Waals surface area contributed by atoms with Crippen LogP contribution in [0.25, 0.3) is 0 Å². The summed E-state index contributed by atoms with van der Waals surface area (Å²) in [6.07, 6.45) is 7.78. The number of hydrogen-bond donors (Lipinski definition) is 3. The molecule has 1 saturated carbocycles. The van der Waals surface area contributed by atoms with Gasteiger partial charge >= 0.3 is 0 Å². The van der Waals surface area contributed by atoms with Gasteiger partial charge in [-0.3, -0.25) is 19.7 Å². The molecule has 11 heteroatoms. The van der Waals surface area contributed by atoms with E-state index in [1.54, 1.807) is 25.3 Å². The Balaban J connectivity index is 0.00000180. The van der Waals surface area contributed by atoms with E-state index in [-0.39, 0.29) is 52.0 Å². The highest BCUT2D eigenvalue weighted by Gasteiger charge is 2.47. The molecule has 4 N–H and O–H groups in total. The van der Waals surface area contributed by atoms with Gasteiger partial charge in [0.25, 0.3) is 5.91 Å². The lowest BCUT2D eigenvalue weighted by molar-refractivity contribution is 0.0967. The van der Waals surface area contributed by atoms with E-state index in [1.807, 2.05) is 0 Å². The zero-order valence-electron chi connectivity index (χ0n) is 25.3. The zero-order chi connectivity index (χ0) is 31.1. The van der Waals surface area contributed by atoms with Gasteiger partial charge in [-0.25, -0.2) is 13.8 Å². The number of aromatic nitrogens is 3. The number of H-pyrrole nitrogens is 1. The lowest BCUT2D eigenvalue weighted by Gasteiger charge is -2.43. The number of nitrogens with zero attached hydrogens (tertiary/aromatic N) is 4. The van der Waals surface area contributed by atoms with Gasteiger partial charge in [-0.05, 0) is 44.7 Å². The van der Waals surface area contributed by atoms with Crippen molar-refractivity contribution in [1.82, 2.24) is 20.1 Å². The van der Waals surface area contributed by atoms with Gasteiger partial charge in [0.15, 0.2) is 11.6 Å². The molecule has 1 saturated heterocycles. The third-order valence-electron chi connectivity index (χ3n) is 8.95. The third kappa shape index (κ3) is 5.80. The van der Waals surface area contributed by atoms with E-state index in [0.29, 0.717) is 5.82 Å². The largest absolute Gasteiger partial charge is 0.362 e. The molecule has 0 radical (unpaired) electrons. The number of pyridine rings is 1. The number of hydrogen-bond acceptors (Lipinski definition) is 6. The number of carbonyl (C=O) groups excluding carboxylic acids is 1. The fraction of sp³-hybridized carbons (Fsp3) is 0.469. The van der Waals surface area contributed by atoms with Gasteiger partial charge in [0, 0.05) is 54.5 Å². The fourth-order valence-electron chi connectivity index (χ4n) is 5.97. The van der Waals surface area contributed by atoms with Crippen molar-refractivity contribution < 1.29 is 13.6 Å². The predicted octanol–water partition coefficient (Wildman–Crippen LogP) is 5.85. The molecule has 1 amide bonds. The van der Waals surface area contributed by atoms with Crippen LogP contribution in [0.15, 0.2) is 42.2 Å². The lowest BCUT2D eigenvalue weighted by atomic mass is 9.71. The second-order valence-corrected chi connectivity index (χ2v) is 12.6. The van der Waals surface area contributed by atoms with Crippen molar-refractivity contribution in [2.75, 3.05) is 43.4 Å². The van der Waals surface area contributed by atoms with Crippen molar-refractivity contribution in [3.63, 3.8) is 0 Å². The number of halogens is 3. The molecular formula is C32H40ClF2N7O. The Morgan fingerprint density at radius 2 is 1.91 bits per heavy atom. The van der Waals surface area contributed by atoms with Crippen molar-refractivity contribution >= 4 is 29.1 Å². The van der Waals surface area contributed by atoms with Crippen molar-refractivity contribution in [2.24, 2.45) is 11.7 Å². The molecule has 2 aromatic heterocycles. The monoisotopic (exact) mass is 611 g/mol. The first-order chi connectivity index (χ1) is 20.6. The quantitative estimate of drug-likeness (QED) is 0.276. The molecule has 6 rings (SSSR count). The van der Waals surface area contributed by atoms with Gasteiger partial charge in [0.2, 0.25) is 0 Å². The molecule has 230 valence electrons. The summed E-state index contributed by atoms with van der Waals surface area (Å²) in [6.45, 7) is 10.4. The highest BCUT2D eigenvalue weighted by atomic mass is 35.5. The summed E-state index contributed by atoms with van der Waals surface area (Å²) >= 11 is 6.22. The van der Waals surface area contributed by atoms with Gasteiger partial charge in [-0.1, -0.05) is 56.2 Å². The van der Waals surface area contributed by atoms with Crippen molar-refractivity contribution in [3.05, 3.63) is 81.2 Å². The molecule has 8 nitrogen and oxygen atoms in total. The Kier molecular flexibility index (Phi) is 8.92. The highest BCUT2D eigenvalue weighted by Crippen LogP contribution is 2.45. The Morgan fingerprint density at radius 3 is 2.58 bits per heavy atom. The Labute approximate surface area is 256 Å². The minimum atomic E-state index is -1.27. The summed E-state index contributed by atoms with van der Waals surface area (Å²) < 4.78 is 32.2. The molecule has 0 bridgehead atoms. The lowest BCUT2D eigenvalue weighted by Crippen LogP contribution is -2.55. The molecule has 3 aliphatic rings. The smallest absolute Gasteiger partial charge is 0.261 e. The van der Waals surface area contributed by atoms with Crippen molar-refractivity contribution in [3.8, 4) is 0 Å². The molecule has 43 heavy (non-hydrogen) atoms. The predicted molar refractivity (Wildman–Crippen MR) is 167 cm³/mol. The molecule has 4 heterocycles. The van der Waals surface area contributed by atoms with Crippen molar-refractivity contribution in [2.45, 2.75) is 57.9 Å². The maximum absolute atomic E-state index is 16.5. The topological polar surface area (TPSA) is 103 Å². The maximum atomic E-state index is 16.5. The van der Waals surface area contributed by atoms with Gasteiger partial charge in [0.05, 0.1) is 22.8 Å². The number of anilines is 2. The van der Waals surface area contributed by atoms with E-state index in [1.165, 1.54) is 42.6 Å². The summed E-state index contributed by atoms with van der Waals surface area (Å²) in [7, 11) is 1.50. The normalized spacial score (nSPS) is 20.7. The molecule has 2 aliphatic heterocycles. The third-order valence-corrected chi connectivity index (χ3v) is 9.24. The Bertz CT molecular complexity index is 1530. The number of amides is 1. The van der Waals surface area contributed by atoms with Gasteiger partial charge in [-0.15, -0.1) is 0 Å². The minimum Gasteiger partial charge on any atom is -0.362 e. The number of nitrogens with two attached hydrogens (primary N) is 1. The zero-order valence-corrected chi connectivity index (χ0v) is 26.1. The van der Waals surface area contributed by atoms with Crippen LogP contribution in [0, 0.1) is 17.6 Å². The van der Waals surface area contributed by atoms with Crippen LogP contribution in [-0.4, -0.2) is 65.3 Å². The molecule has 2 fully saturated rings. The summed E-state index contributed by atoms with van der Waals surface area (Å²) in [5.41, 5.74) is 6.00. The first-order valence-corrected chi connectivity index (χ1v) is 15.2. The first kappa shape index (κ1) is 31.1. The maximum Gasteiger partial charge on any atom is 0.261 e. The van der Waals surface area contributed by atoms with Crippen LogP contribution in [0.3, 0.4) is 0 Å². The van der Waals surface area contributed by atoms with E-state index in [4.69, 9.17) is 11.6 Å². The van der Waals surface area contributed by atoms with Gasteiger partial charge in [0.1, 0.15) is 11.6 Å². The first-order valence-electron chi connectivity index (χ1n) is 14.8. The van der Waals surface area contributed by atoms with Crippen molar-refractivity contribution in [1.29, 1.82) is 0 Å². The van der Waals surface area contributed by atoms with Crippen LogP contribution in [0.2, 0.25) is 5.02 Å². The second kappa shape index (κ2) is 12.3. The van der Waals surface area contributed by atoms with Crippen LogP contribution >= 0.6 is 11.6 Å². The molecular weight excluding hydrogens is 572 g/mol. The van der Waals surface area contributed by atoms with Crippen LogP contribution in [0.5, 0.6) is 0 Å². The number of carbonyl (C=O) groups is 1. The van der Waals surface area contributed by atoms with Crippen LogP contribution in [-0.2, 0) is 5.41 Å². The van der Waals surface area contributed by atoms with Crippen LogP contribution < -0.4 is 16.0 Å². The van der Waals surface area contributed by atoms with E-state index in [9.17, 15) is 4.79 Å². The Hall–Kier alpha value is -3.34. The summed E-state index contributed by atoms with van der Waals surface area (Å²) in [6, 6.07) is 4.75. The molecule has 3 aromatic rings. The van der Waals surface area contributed by atoms with E-state index >= 15 is 8.78 Å². The Morgan fingerprint density at radius 1 is 1.19 bits per heavy atom. The summed E-state index contributed by atoms with van der Waals surface area (Å²) in [5, 5.41) is 10.4. The van der Waals surface area contributed by atoms with E-state index < -0.39 is 23.0 Å². The number of allylic oxidation sites excluding steroid dienone is 1. The summed E-state index contributed by atoms with van der Waals surface area (Å²) in [5.74, 6) is -0.721. The molecule has 1 aliphatic carbocycles. The number of aromatic amines is 1.